The minimum atomic E-state index is -0.461. The van der Waals surface area contributed by atoms with Crippen molar-refractivity contribution in [2.45, 2.75) is 6.92 Å². The summed E-state index contributed by atoms with van der Waals surface area (Å²) in [6.45, 7) is 2.23. The van der Waals surface area contributed by atoms with E-state index in [1.165, 1.54) is 6.08 Å². The van der Waals surface area contributed by atoms with Crippen LogP contribution in [0.2, 0.25) is 0 Å². The van der Waals surface area contributed by atoms with Crippen molar-refractivity contribution >= 4 is 41.5 Å². The summed E-state index contributed by atoms with van der Waals surface area (Å²) in [6, 6.07) is 3.81. The molecule has 0 aliphatic carbocycles. The van der Waals surface area contributed by atoms with Gasteiger partial charge in [-0.15, -0.1) is 0 Å². The van der Waals surface area contributed by atoms with Crippen LogP contribution < -0.4 is 15.2 Å². The van der Waals surface area contributed by atoms with E-state index < -0.39 is 5.91 Å². The quantitative estimate of drug-likeness (QED) is 0.500. The molecule has 18 heavy (non-hydrogen) atoms. The summed E-state index contributed by atoms with van der Waals surface area (Å²) in [4.78, 5) is 10.5. The number of carbonyl (C=O) groups is 1. The van der Waals surface area contributed by atoms with Crippen molar-refractivity contribution in [2.75, 3.05) is 6.79 Å². The Kier molecular flexibility index (Phi) is 5.47. The molecule has 0 unspecified atom stereocenters. The van der Waals surface area contributed by atoms with Gasteiger partial charge in [-0.3, -0.25) is 4.79 Å². The molecule has 0 radical (unpaired) electrons. The van der Waals surface area contributed by atoms with E-state index in [0.29, 0.717) is 0 Å². The topological polar surface area (TPSA) is 61.6 Å². The third kappa shape index (κ3) is 3.38. The molecule has 1 aliphatic heterocycles. The Bertz CT molecular complexity index is 509. The molecular weight excluding hydrogens is 241 g/mol. The van der Waals surface area contributed by atoms with Gasteiger partial charge < -0.3 is 15.2 Å². The van der Waals surface area contributed by atoms with Crippen molar-refractivity contribution in [2.24, 2.45) is 5.73 Å². The van der Waals surface area contributed by atoms with E-state index in [2.05, 4.69) is 0 Å². The van der Waals surface area contributed by atoms with Gasteiger partial charge in [0.05, 0.1) is 0 Å². The van der Waals surface area contributed by atoms with Gasteiger partial charge in [0.25, 0.3) is 0 Å². The molecule has 0 bridgehead atoms. The van der Waals surface area contributed by atoms with Crippen LogP contribution in [-0.2, 0) is 4.79 Å². The third-order valence-corrected chi connectivity index (χ3v) is 2.48. The number of ether oxygens (including phenoxy) is 2. The number of primary amides is 1. The van der Waals surface area contributed by atoms with E-state index in [9.17, 15) is 4.79 Å². The van der Waals surface area contributed by atoms with E-state index in [0.717, 1.165) is 22.6 Å². The molecule has 0 spiro atoms. The van der Waals surface area contributed by atoms with Crippen molar-refractivity contribution in [3.63, 3.8) is 0 Å². The number of allylic oxidation sites excluding steroid dienone is 2. The molecule has 2 rings (SSSR count). The number of carbonyl (C=O) groups excluding carboxylic acids is 1. The Morgan fingerprint density at radius 3 is 2.83 bits per heavy atom. The SMILES string of the molecule is Cc1c(C=CC=CC(N)=O)ccc2c1OCO2.[NaH]. The third-order valence-electron chi connectivity index (χ3n) is 2.48. The molecule has 1 aromatic rings. The summed E-state index contributed by atoms with van der Waals surface area (Å²) in [5.74, 6) is 1.09. The molecule has 0 atom stereocenters. The zero-order valence-corrected chi connectivity index (χ0v) is 9.47. The number of benzene rings is 1. The summed E-state index contributed by atoms with van der Waals surface area (Å²) in [6.07, 6.45) is 6.55. The Morgan fingerprint density at radius 1 is 1.33 bits per heavy atom. The van der Waals surface area contributed by atoms with Crippen LogP contribution in [0.5, 0.6) is 11.5 Å². The zero-order chi connectivity index (χ0) is 12.3. The van der Waals surface area contributed by atoms with E-state index in [1.54, 1.807) is 12.2 Å². The fourth-order valence-corrected chi connectivity index (χ4v) is 1.62. The first-order valence-corrected chi connectivity index (χ1v) is 5.22. The van der Waals surface area contributed by atoms with Crippen LogP contribution in [0.3, 0.4) is 0 Å². The summed E-state index contributed by atoms with van der Waals surface area (Å²) in [5.41, 5.74) is 7.01. The Morgan fingerprint density at radius 2 is 2.11 bits per heavy atom. The molecule has 1 aromatic carbocycles. The molecule has 0 saturated carbocycles. The zero-order valence-electron chi connectivity index (χ0n) is 9.47. The second-order valence-corrected chi connectivity index (χ2v) is 3.63. The first-order chi connectivity index (χ1) is 8.18. The van der Waals surface area contributed by atoms with Crippen LogP contribution in [0.1, 0.15) is 11.1 Å². The monoisotopic (exact) mass is 255 g/mol. The number of fused-ring (bicyclic) bond motifs is 1. The van der Waals surface area contributed by atoms with Crippen LogP contribution in [0, 0.1) is 6.92 Å². The van der Waals surface area contributed by atoms with Crippen molar-refractivity contribution in [1.29, 1.82) is 0 Å². The number of hydrogen-bond acceptors (Lipinski definition) is 3. The summed E-state index contributed by atoms with van der Waals surface area (Å²) in [7, 11) is 0. The second-order valence-electron chi connectivity index (χ2n) is 3.63. The predicted octanol–water partition coefficient (Wildman–Crippen LogP) is 1.13. The Hall–Kier alpha value is -1.23. The van der Waals surface area contributed by atoms with Crippen LogP contribution in [0.4, 0.5) is 0 Å². The predicted molar refractivity (Wildman–Crippen MR) is 71.8 cm³/mol. The number of nitrogens with two attached hydrogens (primary N) is 1. The van der Waals surface area contributed by atoms with Gasteiger partial charge in [0.1, 0.15) is 0 Å². The fourth-order valence-electron chi connectivity index (χ4n) is 1.62. The molecule has 0 fully saturated rings. The molecule has 0 aromatic heterocycles. The van der Waals surface area contributed by atoms with Gasteiger partial charge >= 0.3 is 29.6 Å². The van der Waals surface area contributed by atoms with Gasteiger partial charge in [0.2, 0.25) is 12.7 Å². The maximum atomic E-state index is 10.5. The van der Waals surface area contributed by atoms with Gasteiger partial charge in [-0.25, -0.2) is 0 Å². The van der Waals surface area contributed by atoms with Gasteiger partial charge in [-0.1, -0.05) is 24.3 Å². The number of hydrogen-bond donors (Lipinski definition) is 1. The molecule has 1 aliphatic rings. The van der Waals surface area contributed by atoms with Gasteiger partial charge in [-0.2, -0.15) is 0 Å². The summed E-state index contributed by atoms with van der Waals surface area (Å²) in [5, 5.41) is 0. The van der Waals surface area contributed by atoms with E-state index in [-0.39, 0.29) is 36.4 Å². The molecule has 2 N–H and O–H groups in total. The van der Waals surface area contributed by atoms with Crippen LogP contribution in [-0.4, -0.2) is 42.3 Å². The minimum absolute atomic E-state index is 0. The van der Waals surface area contributed by atoms with Gasteiger partial charge in [0, 0.05) is 11.6 Å². The van der Waals surface area contributed by atoms with Gasteiger partial charge in [-0.05, 0) is 18.6 Å². The summed E-state index contributed by atoms with van der Waals surface area (Å²) < 4.78 is 10.6. The van der Waals surface area contributed by atoms with Crippen molar-refractivity contribution in [3.8, 4) is 11.5 Å². The maximum absolute atomic E-state index is 10.5. The summed E-state index contributed by atoms with van der Waals surface area (Å²) >= 11 is 0. The second kappa shape index (κ2) is 6.64. The number of rotatable bonds is 3. The van der Waals surface area contributed by atoms with E-state index in [1.807, 2.05) is 25.1 Å². The average molecular weight is 255 g/mol. The fraction of sp³-hybridized carbons (Fsp3) is 0.154. The van der Waals surface area contributed by atoms with Crippen molar-refractivity contribution in [3.05, 3.63) is 41.5 Å². The Balaban J connectivity index is 0.00000162. The van der Waals surface area contributed by atoms with Crippen LogP contribution in [0.15, 0.2) is 30.4 Å². The molecule has 0 saturated heterocycles. The van der Waals surface area contributed by atoms with E-state index in [4.69, 9.17) is 15.2 Å². The molecular formula is C13H14NNaO3. The van der Waals surface area contributed by atoms with Crippen molar-refractivity contribution in [1.82, 2.24) is 0 Å². The standard InChI is InChI=1S/C13H13NO3.Na.H/c1-9-10(4-2-3-5-12(14)15)6-7-11-13(9)17-8-16-11;;/h2-7H,8H2,1H3,(H2,14,15);;. The van der Waals surface area contributed by atoms with Gasteiger partial charge in [0.15, 0.2) is 11.5 Å². The average Bonchev–Trinajstić information content (AvgIpc) is 2.75. The van der Waals surface area contributed by atoms with Crippen LogP contribution >= 0.6 is 0 Å². The van der Waals surface area contributed by atoms with Crippen molar-refractivity contribution < 1.29 is 14.3 Å². The van der Waals surface area contributed by atoms with E-state index >= 15 is 0 Å². The Labute approximate surface area is 128 Å². The first-order valence-electron chi connectivity index (χ1n) is 5.22. The number of amides is 1. The molecule has 1 amide bonds. The molecule has 1 heterocycles. The van der Waals surface area contributed by atoms with Crippen LogP contribution in [0.25, 0.3) is 6.08 Å². The first kappa shape index (κ1) is 14.8. The molecule has 90 valence electrons. The normalized spacial score (nSPS) is 12.9. The molecule has 4 nitrogen and oxygen atoms in total. The molecule has 5 heteroatoms.